The monoisotopic (exact) mass is 275 g/mol. The fraction of sp³-hybridized carbons (Fsp3) is 0.647. The van der Waals surface area contributed by atoms with Crippen LogP contribution in [0.1, 0.15) is 44.9 Å². The number of hydrogen-bond acceptors (Lipinski definition) is 3. The van der Waals surface area contributed by atoms with E-state index in [0.29, 0.717) is 6.04 Å². The molecule has 3 nitrogen and oxygen atoms in total. The Morgan fingerprint density at radius 3 is 2.45 bits per heavy atom. The Morgan fingerprint density at radius 1 is 1.10 bits per heavy atom. The van der Waals surface area contributed by atoms with E-state index in [-0.39, 0.29) is 11.5 Å². The molecule has 0 radical (unpaired) electrons. The molecule has 20 heavy (non-hydrogen) atoms. The summed E-state index contributed by atoms with van der Waals surface area (Å²) in [5.74, 6) is 1.76. The maximum atomic E-state index is 6.35. The first-order chi connectivity index (χ1) is 9.74. The van der Waals surface area contributed by atoms with Crippen LogP contribution < -0.4 is 15.2 Å². The minimum Gasteiger partial charge on any atom is -0.497 e. The molecule has 2 unspecified atom stereocenters. The van der Waals surface area contributed by atoms with Crippen molar-refractivity contribution in [3.8, 4) is 11.5 Å². The lowest BCUT2D eigenvalue weighted by Crippen LogP contribution is -2.63. The highest BCUT2D eigenvalue weighted by molar-refractivity contribution is 5.33. The Bertz CT molecular complexity index is 452. The first-order valence-corrected chi connectivity index (χ1v) is 7.81. The van der Waals surface area contributed by atoms with E-state index >= 15 is 0 Å². The summed E-state index contributed by atoms with van der Waals surface area (Å²) in [7, 11) is 1.69. The molecule has 3 heteroatoms. The molecule has 1 aromatic carbocycles. The van der Waals surface area contributed by atoms with Crippen molar-refractivity contribution in [2.75, 3.05) is 7.11 Å². The highest BCUT2D eigenvalue weighted by Crippen LogP contribution is 2.51. The standard InChI is InChI=1S/C17H25NO2/c1-19-13-7-6-8-14(11-13)20-16-12-15(18)17(16)9-4-2-3-5-10-17/h6-8,11,15-16H,2-5,9-10,12,18H2,1H3. The largest absolute Gasteiger partial charge is 0.497 e. The zero-order chi connectivity index (χ0) is 14.0. The average molecular weight is 275 g/mol. The van der Waals surface area contributed by atoms with Crippen molar-refractivity contribution < 1.29 is 9.47 Å². The molecule has 1 spiro atoms. The SMILES string of the molecule is COc1cccc(OC2CC(N)C23CCCCCC3)c1. The molecule has 2 fully saturated rings. The number of benzene rings is 1. The van der Waals surface area contributed by atoms with Gasteiger partial charge in [0.05, 0.1) is 7.11 Å². The normalized spacial score (nSPS) is 28.5. The van der Waals surface area contributed by atoms with Crippen LogP contribution >= 0.6 is 0 Å². The number of methoxy groups -OCH3 is 1. The van der Waals surface area contributed by atoms with E-state index in [0.717, 1.165) is 17.9 Å². The van der Waals surface area contributed by atoms with E-state index in [1.165, 1.54) is 38.5 Å². The van der Waals surface area contributed by atoms with Crippen LogP contribution in [0.2, 0.25) is 0 Å². The van der Waals surface area contributed by atoms with Gasteiger partial charge in [-0.2, -0.15) is 0 Å². The van der Waals surface area contributed by atoms with Gasteiger partial charge in [-0.05, 0) is 25.0 Å². The smallest absolute Gasteiger partial charge is 0.123 e. The van der Waals surface area contributed by atoms with Crippen LogP contribution in [0.15, 0.2) is 24.3 Å². The molecule has 1 aromatic rings. The quantitative estimate of drug-likeness (QED) is 0.918. The van der Waals surface area contributed by atoms with Gasteiger partial charge in [0.1, 0.15) is 17.6 Å². The molecule has 0 aliphatic heterocycles. The Hall–Kier alpha value is -1.22. The summed E-state index contributed by atoms with van der Waals surface area (Å²) in [6, 6.07) is 8.22. The summed E-state index contributed by atoms with van der Waals surface area (Å²) < 4.78 is 11.5. The molecule has 0 bridgehead atoms. The third-order valence-corrected chi connectivity index (χ3v) is 5.20. The fourth-order valence-electron chi connectivity index (χ4n) is 3.86. The zero-order valence-corrected chi connectivity index (χ0v) is 12.3. The van der Waals surface area contributed by atoms with Gasteiger partial charge >= 0.3 is 0 Å². The van der Waals surface area contributed by atoms with Crippen LogP contribution in [-0.4, -0.2) is 19.3 Å². The minimum atomic E-state index is 0.222. The number of rotatable bonds is 3. The van der Waals surface area contributed by atoms with Gasteiger partial charge < -0.3 is 15.2 Å². The highest BCUT2D eigenvalue weighted by atomic mass is 16.5. The van der Waals surface area contributed by atoms with Crippen LogP contribution in [0, 0.1) is 5.41 Å². The van der Waals surface area contributed by atoms with Gasteiger partial charge in [0, 0.05) is 23.9 Å². The van der Waals surface area contributed by atoms with Crippen LogP contribution in [0.25, 0.3) is 0 Å². The van der Waals surface area contributed by atoms with Gasteiger partial charge in [0.15, 0.2) is 0 Å². The van der Waals surface area contributed by atoms with E-state index in [1.807, 2.05) is 24.3 Å². The van der Waals surface area contributed by atoms with Crippen LogP contribution in [-0.2, 0) is 0 Å². The van der Waals surface area contributed by atoms with E-state index < -0.39 is 0 Å². The molecule has 110 valence electrons. The molecule has 2 saturated carbocycles. The Labute approximate surface area is 121 Å². The maximum absolute atomic E-state index is 6.35. The van der Waals surface area contributed by atoms with Crippen molar-refractivity contribution in [2.24, 2.45) is 11.1 Å². The third kappa shape index (κ3) is 2.39. The van der Waals surface area contributed by atoms with E-state index in [2.05, 4.69) is 0 Å². The summed E-state index contributed by atoms with van der Waals surface area (Å²) in [5.41, 5.74) is 6.57. The Kier molecular flexibility index (Phi) is 3.88. The number of nitrogens with two attached hydrogens (primary N) is 1. The van der Waals surface area contributed by atoms with Gasteiger partial charge in [-0.25, -0.2) is 0 Å². The van der Waals surface area contributed by atoms with Gasteiger partial charge in [0.25, 0.3) is 0 Å². The molecule has 2 atom stereocenters. The van der Waals surface area contributed by atoms with Crippen molar-refractivity contribution in [3.63, 3.8) is 0 Å². The molecule has 2 aliphatic carbocycles. The van der Waals surface area contributed by atoms with Gasteiger partial charge in [0.2, 0.25) is 0 Å². The lowest BCUT2D eigenvalue weighted by molar-refractivity contribution is -0.0770. The molecular weight excluding hydrogens is 250 g/mol. The molecular formula is C17H25NO2. The van der Waals surface area contributed by atoms with Crippen LogP contribution in [0.4, 0.5) is 0 Å². The van der Waals surface area contributed by atoms with Gasteiger partial charge in [-0.1, -0.05) is 31.7 Å². The number of hydrogen-bond donors (Lipinski definition) is 1. The van der Waals surface area contributed by atoms with Crippen molar-refractivity contribution >= 4 is 0 Å². The van der Waals surface area contributed by atoms with Crippen molar-refractivity contribution in [1.82, 2.24) is 0 Å². The summed E-state index contributed by atoms with van der Waals surface area (Å²) in [5, 5.41) is 0. The minimum absolute atomic E-state index is 0.222. The van der Waals surface area contributed by atoms with E-state index in [9.17, 15) is 0 Å². The zero-order valence-electron chi connectivity index (χ0n) is 12.3. The summed E-state index contributed by atoms with van der Waals surface area (Å²) >= 11 is 0. The molecule has 0 aromatic heterocycles. The van der Waals surface area contributed by atoms with E-state index in [4.69, 9.17) is 15.2 Å². The number of ether oxygens (including phenoxy) is 2. The topological polar surface area (TPSA) is 44.5 Å². The molecule has 0 saturated heterocycles. The van der Waals surface area contributed by atoms with Crippen molar-refractivity contribution in [1.29, 1.82) is 0 Å². The first kappa shape index (κ1) is 13.7. The summed E-state index contributed by atoms with van der Waals surface area (Å²) in [6.07, 6.45) is 9.00. The maximum Gasteiger partial charge on any atom is 0.123 e. The van der Waals surface area contributed by atoms with Gasteiger partial charge in [-0.15, -0.1) is 0 Å². The second-order valence-electron chi connectivity index (χ2n) is 6.28. The highest BCUT2D eigenvalue weighted by Gasteiger charge is 2.54. The first-order valence-electron chi connectivity index (χ1n) is 7.81. The summed E-state index contributed by atoms with van der Waals surface area (Å²) in [4.78, 5) is 0. The predicted octanol–water partition coefficient (Wildman–Crippen LogP) is 3.51. The average Bonchev–Trinajstić information content (AvgIpc) is 2.75. The third-order valence-electron chi connectivity index (χ3n) is 5.20. The van der Waals surface area contributed by atoms with E-state index in [1.54, 1.807) is 7.11 Å². The predicted molar refractivity (Wildman–Crippen MR) is 80.1 cm³/mol. The van der Waals surface area contributed by atoms with Crippen molar-refractivity contribution in [3.05, 3.63) is 24.3 Å². The van der Waals surface area contributed by atoms with Crippen LogP contribution in [0.3, 0.4) is 0 Å². The second-order valence-corrected chi connectivity index (χ2v) is 6.28. The Balaban J connectivity index is 1.73. The molecule has 0 amide bonds. The lowest BCUT2D eigenvalue weighted by atomic mass is 9.58. The molecule has 0 heterocycles. The molecule has 2 aliphatic rings. The molecule has 2 N–H and O–H groups in total. The molecule has 3 rings (SSSR count). The van der Waals surface area contributed by atoms with Crippen molar-refractivity contribution in [2.45, 2.75) is 57.1 Å². The van der Waals surface area contributed by atoms with Crippen LogP contribution in [0.5, 0.6) is 11.5 Å². The fourth-order valence-corrected chi connectivity index (χ4v) is 3.86. The second kappa shape index (κ2) is 5.65. The van der Waals surface area contributed by atoms with Gasteiger partial charge in [-0.3, -0.25) is 0 Å². The Morgan fingerprint density at radius 2 is 1.80 bits per heavy atom. The summed E-state index contributed by atoms with van der Waals surface area (Å²) in [6.45, 7) is 0. The lowest BCUT2D eigenvalue weighted by Gasteiger charge is -2.54.